The van der Waals surface area contributed by atoms with Gasteiger partial charge in [0.1, 0.15) is 0 Å². The van der Waals surface area contributed by atoms with Gasteiger partial charge in [-0.05, 0) is 6.42 Å². The highest BCUT2D eigenvalue weighted by Crippen LogP contribution is 1.79. The summed E-state index contributed by atoms with van der Waals surface area (Å²) in [7, 11) is -3.17. The molecule has 0 saturated heterocycles. The van der Waals surface area contributed by atoms with Crippen LogP contribution in [-0.2, 0) is 10.0 Å². The van der Waals surface area contributed by atoms with E-state index in [1.807, 2.05) is 0 Å². The minimum absolute atomic E-state index is 0. The van der Waals surface area contributed by atoms with Crippen molar-refractivity contribution in [3.05, 3.63) is 0 Å². The van der Waals surface area contributed by atoms with Gasteiger partial charge >= 0.3 is 0 Å². The Morgan fingerprint density at radius 3 is 1.88 bits per heavy atom. The van der Waals surface area contributed by atoms with Crippen molar-refractivity contribution in [1.82, 2.24) is 0 Å². The average Bonchev–Trinajstić information content (AvgIpc) is 1.30. The van der Waals surface area contributed by atoms with Crippen LogP contribution in [0, 0.1) is 0 Å². The first kappa shape index (κ1) is 11.4. The molecule has 0 bridgehead atoms. The summed E-state index contributed by atoms with van der Waals surface area (Å²) in [4.78, 5) is 0. The molecule has 0 unspecified atom stereocenters. The molecule has 0 atom stereocenters. The van der Waals surface area contributed by atoms with Gasteiger partial charge in [0.05, 0.1) is 5.75 Å². The van der Waals surface area contributed by atoms with Crippen LogP contribution in [0.15, 0.2) is 0 Å². The van der Waals surface area contributed by atoms with Crippen LogP contribution in [0.1, 0.15) is 13.3 Å². The molecule has 0 aromatic rings. The van der Waals surface area contributed by atoms with E-state index >= 15 is 0 Å². The maximum Gasteiger partial charge on any atom is 0.209 e. The van der Waals surface area contributed by atoms with E-state index < -0.39 is 10.0 Å². The summed E-state index contributed by atoms with van der Waals surface area (Å²) >= 11 is 0. The van der Waals surface area contributed by atoms with Crippen molar-refractivity contribution in [2.45, 2.75) is 13.3 Å². The normalized spacial score (nSPS) is 10.2. The predicted octanol–water partition coefficient (Wildman–Crippen LogP) is 0.303. The van der Waals surface area contributed by atoms with E-state index in [-0.39, 0.29) is 29.7 Å². The van der Waals surface area contributed by atoms with Crippen LogP contribution >= 0.6 is 24.0 Å². The Balaban J connectivity index is 0. The van der Waals surface area contributed by atoms with Crippen molar-refractivity contribution >= 4 is 34.0 Å². The monoisotopic (exact) mass is 251 g/mol. The van der Waals surface area contributed by atoms with E-state index in [4.69, 9.17) is 0 Å². The molecule has 52 valence electrons. The highest BCUT2D eigenvalue weighted by molar-refractivity contribution is 14.0. The number of hydrogen-bond acceptors (Lipinski definition) is 2. The molecule has 0 aliphatic rings. The van der Waals surface area contributed by atoms with Crippen molar-refractivity contribution in [1.29, 1.82) is 0 Å². The molecule has 0 radical (unpaired) electrons. The lowest BCUT2D eigenvalue weighted by Gasteiger charge is -1.87. The maximum atomic E-state index is 10.0. The number of hydrogen-bond donors (Lipinski definition) is 1. The zero-order valence-corrected chi connectivity index (χ0v) is 7.77. The lowest BCUT2D eigenvalue weighted by Crippen LogP contribution is -2.15. The predicted molar refractivity (Wildman–Crippen MR) is 43.7 cm³/mol. The minimum Gasteiger partial charge on any atom is -0.229 e. The first-order chi connectivity index (χ1) is 3.06. The van der Waals surface area contributed by atoms with Gasteiger partial charge in [-0.25, -0.2) is 13.6 Å². The lowest BCUT2D eigenvalue weighted by atomic mass is 10.6. The molecular formula is C3H10INO2S. The molecule has 0 fully saturated rings. The largest absolute Gasteiger partial charge is 0.229 e. The Morgan fingerprint density at radius 1 is 1.50 bits per heavy atom. The number of nitrogens with two attached hydrogens (primary N) is 1. The second-order valence-electron chi connectivity index (χ2n) is 1.37. The summed E-state index contributed by atoms with van der Waals surface area (Å²) in [5.41, 5.74) is 0. The van der Waals surface area contributed by atoms with E-state index in [1.54, 1.807) is 6.92 Å². The molecular weight excluding hydrogens is 241 g/mol. The van der Waals surface area contributed by atoms with Crippen LogP contribution in [0.2, 0.25) is 0 Å². The molecule has 2 N–H and O–H groups in total. The van der Waals surface area contributed by atoms with E-state index in [0.29, 0.717) is 6.42 Å². The van der Waals surface area contributed by atoms with Crippen molar-refractivity contribution in [2.75, 3.05) is 5.75 Å². The average molecular weight is 251 g/mol. The van der Waals surface area contributed by atoms with Crippen LogP contribution in [0.25, 0.3) is 0 Å². The van der Waals surface area contributed by atoms with Gasteiger partial charge in [0.25, 0.3) is 0 Å². The quantitative estimate of drug-likeness (QED) is 0.717. The standard InChI is InChI=1S/C3H9NO2S.HI/c1-2-3-7(4,5)6;/h2-3H2,1H3,(H2,4,5,6);1H. The topological polar surface area (TPSA) is 60.2 Å². The van der Waals surface area contributed by atoms with Crippen LogP contribution in [-0.4, -0.2) is 14.2 Å². The molecule has 0 aliphatic carbocycles. The number of sulfonamides is 1. The zero-order valence-electron chi connectivity index (χ0n) is 4.62. The van der Waals surface area contributed by atoms with Gasteiger partial charge in [0, 0.05) is 0 Å². The van der Waals surface area contributed by atoms with Crippen LogP contribution in [0.4, 0.5) is 0 Å². The van der Waals surface area contributed by atoms with Gasteiger partial charge < -0.3 is 0 Å². The Hall–Kier alpha value is 0.640. The SMILES string of the molecule is CCCS(N)(=O)=O.I. The molecule has 0 spiro atoms. The second-order valence-corrected chi connectivity index (χ2v) is 3.10. The fraction of sp³-hybridized carbons (Fsp3) is 1.00. The third-order valence-electron chi connectivity index (χ3n) is 0.489. The minimum atomic E-state index is -3.17. The highest BCUT2D eigenvalue weighted by Gasteiger charge is 1.95. The van der Waals surface area contributed by atoms with Crippen molar-refractivity contribution in [3.63, 3.8) is 0 Å². The van der Waals surface area contributed by atoms with Crippen molar-refractivity contribution < 1.29 is 8.42 Å². The van der Waals surface area contributed by atoms with Crippen LogP contribution in [0.5, 0.6) is 0 Å². The Bertz CT molecular complexity index is 130. The van der Waals surface area contributed by atoms with Crippen LogP contribution < -0.4 is 5.14 Å². The molecule has 3 nitrogen and oxygen atoms in total. The molecule has 0 aliphatic heterocycles. The molecule has 5 heteroatoms. The number of halogens is 1. The second kappa shape index (κ2) is 4.51. The fourth-order valence-electron chi connectivity index (χ4n) is 0.285. The maximum absolute atomic E-state index is 10.0. The Morgan fingerprint density at radius 2 is 1.88 bits per heavy atom. The van der Waals surface area contributed by atoms with Gasteiger partial charge in [-0.1, -0.05) is 6.92 Å². The zero-order chi connectivity index (χ0) is 5.91. The van der Waals surface area contributed by atoms with E-state index in [2.05, 4.69) is 5.14 Å². The number of rotatable bonds is 2. The molecule has 0 amide bonds. The van der Waals surface area contributed by atoms with Crippen molar-refractivity contribution in [2.24, 2.45) is 5.14 Å². The third-order valence-corrected chi connectivity index (χ3v) is 1.47. The molecule has 0 aromatic heterocycles. The Labute approximate surface area is 66.7 Å². The molecule has 8 heavy (non-hydrogen) atoms. The van der Waals surface area contributed by atoms with E-state index in [9.17, 15) is 8.42 Å². The van der Waals surface area contributed by atoms with Crippen LogP contribution in [0.3, 0.4) is 0 Å². The molecule has 0 aromatic carbocycles. The lowest BCUT2D eigenvalue weighted by molar-refractivity contribution is 0.596. The van der Waals surface area contributed by atoms with Gasteiger partial charge in [-0.2, -0.15) is 0 Å². The first-order valence-electron chi connectivity index (χ1n) is 2.06. The molecule has 0 saturated carbocycles. The fourth-order valence-corrected chi connectivity index (χ4v) is 0.854. The van der Waals surface area contributed by atoms with E-state index in [1.165, 1.54) is 0 Å². The van der Waals surface area contributed by atoms with Gasteiger partial charge in [0.15, 0.2) is 0 Å². The van der Waals surface area contributed by atoms with Gasteiger partial charge in [-0.15, -0.1) is 24.0 Å². The van der Waals surface area contributed by atoms with Gasteiger partial charge in [0.2, 0.25) is 10.0 Å². The summed E-state index contributed by atoms with van der Waals surface area (Å²) in [5.74, 6) is 0.0903. The first-order valence-corrected chi connectivity index (χ1v) is 3.78. The smallest absolute Gasteiger partial charge is 0.209 e. The summed E-state index contributed by atoms with van der Waals surface area (Å²) in [6, 6.07) is 0. The summed E-state index contributed by atoms with van der Waals surface area (Å²) in [6.45, 7) is 1.77. The van der Waals surface area contributed by atoms with E-state index in [0.717, 1.165) is 0 Å². The Kier molecular flexibility index (Phi) is 6.45. The van der Waals surface area contributed by atoms with Gasteiger partial charge in [-0.3, -0.25) is 0 Å². The van der Waals surface area contributed by atoms with Crippen molar-refractivity contribution in [3.8, 4) is 0 Å². The molecule has 0 rings (SSSR count). The summed E-state index contributed by atoms with van der Waals surface area (Å²) in [5, 5.41) is 4.62. The highest BCUT2D eigenvalue weighted by atomic mass is 127. The summed E-state index contributed by atoms with van der Waals surface area (Å²) < 4.78 is 20.0. The number of primary sulfonamides is 1. The summed E-state index contributed by atoms with van der Waals surface area (Å²) in [6.07, 6.45) is 0.596. The third kappa shape index (κ3) is 9.81. The molecule has 0 heterocycles.